The smallest absolute Gasteiger partial charge is 0.164 e. The first-order valence-electron chi connectivity index (χ1n) is 7.50. The van der Waals surface area contributed by atoms with E-state index in [0.29, 0.717) is 12.1 Å². The third-order valence-corrected chi connectivity index (χ3v) is 5.21. The standard InChI is InChI=1S/C16H23NO2S/c1-18-15-6-2-4-12(10-13-5-3-8-17-13)16(15)19-14-7-9-20-11-14/h2,4,6,13-14,17H,3,5,7-11H2,1H3. The Balaban J connectivity index is 1.79. The van der Waals surface area contributed by atoms with Gasteiger partial charge in [-0.1, -0.05) is 12.1 Å². The number of nitrogens with one attached hydrogen (secondary N) is 1. The van der Waals surface area contributed by atoms with Gasteiger partial charge < -0.3 is 14.8 Å². The van der Waals surface area contributed by atoms with Crippen molar-refractivity contribution in [2.75, 3.05) is 25.2 Å². The number of methoxy groups -OCH3 is 1. The highest BCUT2D eigenvalue weighted by molar-refractivity contribution is 7.99. The summed E-state index contributed by atoms with van der Waals surface area (Å²) in [6.45, 7) is 1.14. The first-order valence-corrected chi connectivity index (χ1v) is 8.66. The molecule has 0 spiro atoms. The molecule has 2 heterocycles. The molecule has 1 aromatic carbocycles. The maximum atomic E-state index is 6.27. The van der Waals surface area contributed by atoms with Crippen molar-refractivity contribution < 1.29 is 9.47 Å². The largest absolute Gasteiger partial charge is 0.493 e. The van der Waals surface area contributed by atoms with Crippen molar-refractivity contribution in [3.05, 3.63) is 23.8 Å². The summed E-state index contributed by atoms with van der Waals surface area (Å²) in [6, 6.07) is 6.84. The van der Waals surface area contributed by atoms with Crippen LogP contribution >= 0.6 is 11.8 Å². The molecule has 2 aliphatic heterocycles. The summed E-state index contributed by atoms with van der Waals surface area (Å²) in [5.41, 5.74) is 1.28. The van der Waals surface area contributed by atoms with Crippen molar-refractivity contribution >= 4 is 11.8 Å². The van der Waals surface area contributed by atoms with Crippen molar-refractivity contribution in [2.24, 2.45) is 0 Å². The van der Waals surface area contributed by atoms with E-state index < -0.39 is 0 Å². The molecule has 3 nitrogen and oxygen atoms in total. The minimum Gasteiger partial charge on any atom is -0.493 e. The quantitative estimate of drug-likeness (QED) is 0.904. The van der Waals surface area contributed by atoms with Crippen LogP contribution in [0.5, 0.6) is 11.5 Å². The summed E-state index contributed by atoms with van der Waals surface area (Å²) >= 11 is 1.98. The summed E-state index contributed by atoms with van der Waals surface area (Å²) in [5, 5.41) is 3.56. The van der Waals surface area contributed by atoms with Crippen LogP contribution in [-0.4, -0.2) is 37.3 Å². The van der Waals surface area contributed by atoms with Gasteiger partial charge in [0.1, 0.15) is 6.10 Å². The number of para-hydroxylation sites is 1. The van der Waals surface area contributed by atoms with Gasteiger partial charge in [-0.05, 0) is 49.6 Å². The molecule has 2 unspecified atom stereocenters. The van der Waals surface area contributed by atoms with Crippen molar-refractivity contribution in [1.29, 1.82) is 0 Å². The van der Waals surface area contributed by atoms with Crippen LogP contribution in [0.1, 0.15) is 24.8 Å². The molecule has 1 N–H and O–H groups in total. The molecule has 0 bridgehead atoms. The van der Waals surface area contributed by atoms with E-state index in [-0.39, 0.29) is 0 Å². The highest BCUT2D eigenvalue weighted by Crippen LogP contribution is 2.35. The van der Waals surface area contributed by atoms with E-state index in [1.807, 2.05) is 17.8 Å². The van der Waals surface area contributed by atoms with Crippen molar-refractivity contribution in [1.82, 2.24) is 5.32 Å². The highest BCUT2D eigenvalue weighted by Gasteiger charge is 2.23. The molecule has 0 aromatic heterocycles. The van der Waals surface area contributed by atoms with Gasteiger partial charge in [0, 0.05) is 11.8 Å². The van der Waals surface area contributed by atoms with Gasteiger partial charge in [-0.25, -0.2) is 0 Å². The number of hydrogen-bond acceptors (Lipinski definition) is 4. The Bertz CT molecular complexity index is 440. The number of hydrogen-bond donors (Lipinski definition) is 1. The Labute approximate surface area is 125 Å². The summed E-state index contributed by atoms with van der Waals surface area (Å²) in [4.78, 5) is 0. The van der Waals surface area contributed by atoms with Gasteiger partial charge in [-0.3, -0.25) is 0 Å². The molecular formula is C16H23NO2S. The molecule has 0 amide bonds. The fraction of sp³-hybridized carbons (Fsp3) is 0.625. The second-order valence-corrected chi connectivity index (χ2v) is 6.70. The van der Waals surface area contributed by atoms with Crippen molar-refractivity contribution in [2.45, 2.75) is 37.8 Å². The van der Waals surface area contributed by atoms with Gasteiger partial charge in [-0.2, -0.15) is 11.8 Å². The minimum absolute atomic E-state index is 0.339. The Morgan fingerprint density at radius 3 is 3.00 bits per heavy atom. The first-order chi connectivity index (χ1) is 9.86. The summed E-state index contributed by atoms with van der Waals surface area (Å²) < 4.78 is 11.8. The SMILES string of the molecule is COc1cccc(CC2CCCN2)c1OC1CCSC1. The second-order valence-electron chi connectivity index (χ2n) is 5.55. The molecule has 0 aliphatic carbocycles. The normalized spacial score (nSPS) is 25.9. The summed E-state index contributed by atoms with van der Waals surface area (Å²) in [7, 11) is 1.73. The molecule has 4 heteroatoms. The molecule has 3 rings (SSSR count). The average Bonchev–Trinajstić information content (AvgIpc) is 3.14. The molecule has 1 aromatic rings. The first kappa shape index (κ1) is 14.1. The van der Waals surface area contributed by atoms with E-state index in [1.165, 1.54) is 24.2 Å². The third-order valence-electron chi connectivity index (χ3n) is 4.08. The van der Waals surface area contributed by atoms with Crippen LogP contribution in [0.25, 0.3) is 0 Å². The van der Waals surface area contributed by atoms with Crippen LogP contribution in [0.15, 0.2) is 18.2 Å². The average molecular weight is 293 g/mol. The number of rotatable bonds is 5. The van der Waals surface area contributed by atoms with E-state index in [9.17, 15) is 0 Å². The Morgan fingerprint density at radius 1 is 1.35 bits per heavy atom. The number of thioether (sulfide) groups is 1. The molecule has 0 saturated carbocycles. The fourth-order valence-corrected chi connectivity index (χ4v) is 4.08. The van der Waals surface area contributed by atoms with E-state index in [2.05, 4.69) is 17.4 Å². The molecule has 2 aliphatic rings. The predicted molar refractivity (Wildman–Crippen MR) is 84.1 cm³/mol. The van der Waals surface area contributed by atoms with Crippen LogP contribution in [0.2, 0.25) is 0 Å². The molecule has 2 fully saturated rings. The Morgan fingerprint density at radius 2 is 2.30 bits per heavy atom. The van der Waals surface area contributed by atoms with Crippen molar-refractivity contribution in [3.8, 4) is 11.5 Å². The van der Waals surface area contributed by atoms with E-state index in [1.54, 1.807) is 7.11 Å². The Hall–Kier alpha value is -0.870. The third kappa shape index (κ3) is 3.23. The van der Waals surface area contributed by atoms with Crippen LogP contribution < -0.4 is 14.8 Å². The highest BCUT2D eigenvalue weighted by atomic mass is 32.2. The topological polar surface area (TPSA) is 30.5 Å². The number of ether oxygens (including phenoxy) is 2. The molecule has 0 radical (unpaired) electrons. The number of benzene rings is 1. The molecular weight excluding hydrogens is 270 g/mol. The van der Waals surface area contributed by atoms with Gasteiger partial charge in [0.15, 0.2) is 11.5 Å². The molecule has 110 valence electrons. The lowest BCUT2D eigenvalue weighted by Crippen LogP contribution is -2.24. The second kappa shape index (κ2) is 6.72. The van der Waals surface area contributed by atoms with Gasteiger partial charge in [0.05, 0.1) is 7.11 Å². The maximum Gasteiger partial charge on any atom is 0.164 e. The zero-order valence-electron chi connectivity index (χ0n) is 12.1. The molecule has 2 saturated heterocycles. The van der Waals surface area contributed by atoms with E-state index >= 15 is 0 Å². The van der Waals surface area contributed by atoms with Crippen LogP contribution in [0.3, 0.4) is 0 Å². The minimum atomic E-state index is 0.339. The van der Waals surface area contributed by atoms with Crippen LogP contribution in [0.4, 0.5) is 0 Å². The lowest BCUT2D eigenvalue weighted by molar-refractivity contribution is 0.215. The summed E-state index contributed by atoms with van der Waals surface area (Å²) in [5.74, 6) is 4.15. The Kier molecular flexibility index (Phi) is 4.73. The van der Waals surface area contributed by atoms with Gasteiger partial charge in [-0.15, -0.1) is 0 Å². The zero-order chi connectivity index (χ0) is 13.8. The lowest BCUT2D eigenvalue weighted by Gasteiger charge is -2.20. The lowest BCUT2D eigenvalue weighted by atomic mass is 10.0. The predicted octanol–water partition coefficient (Wildman–Crippen LogP) is 2.87. The zero-order valence-corrected chi connectivity index (χ0v) is 12.9. The van der Waals surface area contributed by atoms with Gasteiger partial charge in [0.25, 0.3) is 0 Å². The van der Waals surface area contributed by atoms with Crippen LogP contribution in [-0.2, 0) is 6.42 Å². The monoisotopic (exact) mass is 293 g/mol. The molecule has 20 heavy (non-hydrogen) atoms. The fourth-order valence-electron chi connectivity index (χ4n) is 2.99. The van der Waals surface area contributed by atoms with Gasteiger partial charge >= 0.3 is 0 Å². The van der Waals surface area contributed by atoms with Crippen molar-refractivity contribution in [3.63, 3.8) is 0 Å². The van der Waals surface area contributed by atoms with Crippen LogP contribution in [0, 0.1) is 0 Å². The van der Waals surface area contributed by atoms with E-state index in [4.69, 9.17) is 9.47 Å². The summed E-state index contributed by atoms with van der Waals surface area (Å²) in [6.07, 6.45) is 5.06. The van der Waals surface area contributed by atoms with E-state index in [0.717, 1.165) is 36.6 Å². The van der Waals surface area contributed by atoms with Gasteiger partial charge in [0.2, 0.25) is 0 Å². The molecule has 2 atom stereocenters. The maximum absolute atomic E-state index is 6.27.